The second-order valence-corrected chi connectivity index (χ2v) is 3.88. The Morgan fingerprint density at radius 2 is 2.17 bits per heavy atom. The van der Waals surface area contributed by atoms with Crippen molar-refractivity contribution in [1.82, 2.24) is 24.7 Å². The number of nitrogens with zero attached hydrogens (tertiary/aromatic N) is 5. The Kier molecular flexibility index (Phi) is 3.71. The molecule has 18 heavy (non-hydrogen) atoms. The van der Waals surface area contributed by atoms with Gasteiger partial charge in [-0.15, -0.1) is 5.10 Å². The highest BCUT2D eigenvalue weighted by Gasteiger charge is 2.10. The molecule has 2 aromatic rings. The summed E-state index contributed by atoms with van der Waals surface area (Å²) in [6.07, 6.45) is 4.06. The van der Waals surface area contributed by atoms with Crippen LogP contribution in [0.1, 0.15) is 18.9 Å². The smallest absolute Gasteiger partial charge is 0.342 e. The second kappa shape index (κ2) is 5.44. The van der Waals surface area contributed by atoms with Crippen molar-refractivity contribution in [3.05, 3.63) is 18.2 Å². The van der Waals surface area contributed by atoms with E-state index in [0.717, 1.165) is 24.3 Å². The first-order valence-corrected chi connectivity index (χ1v) is 5.79. The molecule has 0 saturated heterocycles. The lowest BCUT2D eigenvalue weighted by Gasteiger charge is -2.09. The van der Waals surface area contributed by atoms with Crippen molar-refractivity contribution in [1.29, 1.82) is 0 Å². The van der Waals surface area contributed by atoms with Crippen LogP contribution in [0, 0.1) is 6.92 Å². The van der Waals surface area contributed by atoms with Crippen LogP contribution in [-0.4, -0.2) is 31.3 Å². The van der Waals surface area contributed by atoms with E-state index in [4.69, 9.17) is 4.74 Å². The van der Waals surface area contributed by atoms with E-state index < -0.39 is 0 Å². The fourth-order valence-corrected chi connectivity index (χ4v) is 1.41. The molecule has 96 valence electrons. The largest absolute Gasteiger partial charge is 0.404 e. The Bertz CT molecular complexity index is 524. The molecule has 0 aliphatic heterocycles. The zero-order valence-electron chi connectivity index (χ0n) is 10.7. The van der Waals surface area contributed by atoms with Crippen LogP contribution < -0.4 is 10.1 Å². The van der Waals surface area contributed by atoms with Gasteiger partial charge < -0.3 is 10.1 Å². The summed E-state index contributed by atoms with van der Waals surface area (Å²) in [5, 5.41) is 7.26. The van der Waals surface area contributed by atoms with Gasteiger partial charge in [-0.3, -0.25) is 4.68 Å². The quantitative estimate of drug-likeness (QED) is 0.864. The molecule has 7 heteroatoms. The number of hydrogen-bond donors (Lipinski definition) is 1. The molecule has 0 unspecified atom stereocenters. The van der Waals surface area contributed by atoms with Crippen LogP contribution in [0.4, 0.5) is 5.82 Å². The highest BCUT2D eigenvalue weighted by atomic mass is 16.5. The molecule has 0 aliphatic carbocycles. The third kappa shape index (κ3) is 2.73. The molecule has 0 spiro atoms. The standard InChI is InChI=1S/C11H16N6O/c1-4-5-12-9-8(2)10(14-6-13-9)18-11-15-7-17(3)16-11/h6-7H,4-5H2,1-3H3,(H,12,13,14). The Labute approximate surface area is 105 Å². The molecule has 7 nitrogen and oxygen atoms in total. The van der Waals surface area contributed by atoms with Gasteiger partial charge >= 0.3 is 6.01 Å². The van der Waals surface area contributed by atoms with Crippen LogP contribution >= 0.6 is 0 Å². The van der Waals surface area contributed by atoms with E-state index in [-0.39, 0.29) is 6.01 Å². The van der Waals surface area contributed by atoms with Gasteiger partial charge in [-0.1, -0.05) is 6.92 Å². The maximum atomic E-state index is 5.52. The summed E-state index contributed by atoms with van der Waals surface area (Å²) in [4.78, 5) is 12.3. The SMILES string of the molecule is CCCNc1ncnc(Oc2ncn(C)n2)c1C. The van der Waals surface area contributed by atoms with E-state index in [1.165, 1.54) is 6.33 Å². The van der Waals surface area contributed by atoms with Crippen LogP contribution in [-0.2, 0) is 7.05 Å². The van der Waals surface area contributed by atoms with Gasteiger partial charge in [0.05, 0.1) is 5.56 Å². The molecule has 1 N–H and O–H groups in total. The Morgan fingerprint density at radius 3 is 2.83 bits per heavy atom. The molecule has 0 amide bonds. The Hall–Kier alpha value is -2.18. The maximum Gasteiger partial charge on any atom is 0.342 e. The van der Waals surface area contributed by atoms with Crippen LogP contribution in [0.2, 0.25) is 0 Å². The second-order valence-electron chi connectivity index (χ2n) is 3.88. The van der Waals surface area contributed by atoms with Gasteiger partial charge in [0.15, 0.2) is 0 Å². The fraction of sp³-hybridized carbons (Fsp3) is 0.455. The number of ether oxygens (including phenoxy) is 1. The van der Waals surface area contributed by atoms with E-state index in [1.807, 2.05) is 6.92 Å². The number of aromatic nitrogens is 5. The molecule has 2 aromatic heterocycles. The van der Waals surface area contributed by atoms with Crippen molar-refractivity contribution in [2.45, 2.75) is 20.3 Å². The highest BCUT2D eigenvalue weighted by Crippen LogP contribution is 2.23. The summed E-state index contributed by atoms with van der Waals surface area (Å²) in [7, 11) is 1.78. The lowest BCUT2D eigenvalue weighted by Crippen LogP contribution is -2.05. The summed E-state index contributed by atoms with van der Waals surface area (Å²) in [5.41, 5.74) is 0.846. The minimum atomic E-state index is 0.278. The Morgan fingerprint density at radius 1 is 1.33 bits per heavy atom. The number of rotatable bonds is 5. The number of nitrogens with one attached hydrogen (secondary N) is 1. The molecule has 0 atom stereocenters. The van der Waals surface area contributed by atoms with Gasteiger partial charge in [-0.2, -0.15) is 4.98 Å². The van der Waals surface area contributed by atoms with Crippen molar-refractivity contribution >= 4 is 5.82 Å². The molecule has 0 fully saturated rings. The Balaban J connectivity index is 2.17. The first kappa shape index (κ1) is 12.3. The first-order chi connectivity index (χ1) is 8.70. The first-order valence-electron chi connectivity index (χ1n) is 5.79. The normalized spacial score (nSPS) is 10.4. The number of aryl methyl sites for hydroxylation is 1. The van der Waals surface area contributed by atoms with Crippen molar-refractivity contribution in [3.8, 4) is 11.9 Å². The van der Waals surface area contributed by atoms with Gasteiger partial charge in [-0.25, -0.2) is 9.97 Å². The van der Waals surface area contributed by atoms with Crippen molar-refractivity contribution in [2.75, 3.05) is 11.9 Å². The molecular formula is C11H16N6O. The van der Waals surface area contributed by atoms with Crippen molar-refractivity contribution in [2.24, 2.45) is 7.05 Å². The lowest BCUT2D eigenvalue weighted by molar-refractivity contribution is 0.418. The molecular weight excluding hydrogens is 232 g/mol. The average molecular weight is 248 g/mol. The zero-order valence-corrected chi connectivity index (χ0v) is 10.7. The van der Waals surface area contributed by atoms with Crippen molar-refractivity contribution in [3.63, 3.8) is 0 Å². The van der Waals surface area contributed by atoms with Crippen molar-refractivity contribution < 1.29 is 4.74 Å². The highest BCUT2D eigenvalue weighted by molar-refractivity contribution is 5.47. The molecule has 2 rings (SSSR count). The minimum Gasteiger partial charge on any atom is -0.404 e. The van der Waals surface area contributed by atoms with Gasteiger partial charge in [0, 0.05) is 13.6 Å². The predicted octanol–water partition coefficient (Wildman–Crippen LogP) is 1.53. The third-order valence-corrected chi connectivity index (χ3v) is 2.35. The van der Waals surface area contributed by atoms with Crippen LogP contribution in [0.3, 0.4) is 0 Å². The van der Waals surface area contributed by atoms with E-state index in [2.05, 4.69) is 32.3 Å². The molecule has 0 saturated carbocycles. The lowest BCUT2D eigenvalue weighted by atomic mass is 10.3. The molecule has 0 aromatic carbocycles. The maximum absolute atomic E-state index is 5.52. The predicted molar refractivity (Wildman–Crippen MR) is 66.6 cm³/mol. The zero-order chi connectivity index (χ0) is 13.0. The monoisotopic (exact) mass is 248 g/mol. The minimum absolute atomic E-state index is 0.278. The van der Waals surface area contributed by atoms with Gasteiger partial charge in [0.2, 0.25) is 5.88 Å². The topological polar surface area (TPSA) is 77.8 Å². The molecule has 0 radical (unpaired) electrons. The summed E-state index contributed by atoms with van der Waals surface area (Å²) in [6.45, 7) is 4.86. The van der Waals surface area contributed by atoms with E-state index in [9.17, 15) is 0 Å². The van der Waals surface area contributed by atoms with E-state index >= 15 is 0 Å². The summed E-state index contributed by atoms with van der Waals surface area (Å²) in [6, 6.07) is 0.278. The summed E-state index contributed by atoms with van der Waals surface area (Å²) in [5.74, 6) is 1.24. The number of hydrogen-bond acceptors (Lipinski definition) is 6. The molecule has 0 aliphatic rings. The number of anilines is 1. The van der Waals surface area contributed by atoms with Gasteiger partial charge in [0.1, 0.15) is 18.5 Å². The summed E-state index contributed by atoms with van der Waals surface area (Å²) >= 11 is 0. The van der Waals surface area contributed by atoms with E-state index in [1.54, 1.807) is 18.1 Å². The third-order valence-electron chi connectivity index (χ3n) is 2.35. The summed E-state index contributed by atoms with van der Waals surface area (Å²) < 4.78 is 7.09. The average Bonchev–Trinajstić information content (AvgIpc) is 2.76. The van der Waals surface area contributed by atoms with E-state index in [0.29, 0.717) is 5.88 Å². The fourth-order valence-electron chi connectivity index (χ4n) is 1.41. The molecule has 0 bridgehead atoms. The van der Waals surface area contributed by atoms with Crippen LogP contribution in [0.5, 0.6) is 11.9 Å². The molecule has 2 heterocycles. The van der Waals surface area contributed by atoms with Crippen LogP contribution in [0.15, 0.2) is 12.7 Å². The van der Waals surface area contributed by atoms with Gasteiger partial charge in [0.25, 0.3) is 0 Å². The van der Waals surface area contributed by atoms with Gasteiger partial charge in [-0.05, 0) is 13.3 Å². The van der Waals surface area contributed by atoms with Crippen LogP contribution in [0.25, 0.3) is 0 Å².